The summed E-state index contributed by atoms with van der Waals surface area (Å²) in [6, 6.07) is 13.3. The Morgan fingerprint density at radius 2 is 1.88 bits per heavy atom. The molecule has 0 saturated heterocycles. The molecular weight excluding hydrogens is 328 g/mol. The Balaban J connectivity index is 0.000000263. The molecule has 0 aliphatic rings. The van der Waals surface area contributed by atoms with Gasteiger partial charge in [0, 0.05) is 5.69 Å². The van der Waals surface area contributed by atoms with Gasteiger partial charge in [0.15, 0.2) is 0 Å². The van der Waals surface area contributed by atoms with Crippen LogP contribution in [0.2, 0.25) is 0 Å². The summed E-state index contributed by atoms with van der Waals surface area (Å²) in [5.41, 5.74) is 9.66. The minimum absolute atomic E-state index is 0.138. The zero-order valence-corrected chi connectivity index (χ0v) is 16.1. The lowest BCUT2D eigenvalue weighted by Gasteiger charge is -2.20. The number of nitrogens with two attached hydrogens (primary N) is 1. The van der Waals surface area contributed by atoms with Crippen LogP contribution in [0.3, 0.4) is 0 Å². The molecule has 0 bridgehead atoms. The van der Waals surface area contributed by atoms with Gasteiger partial charge < -0.3 is 15.8 Å². The summed E-state index contributed by atoms with van der Waals surface area (Å²) in [5, 5.41) is 2.43. The number of benzene rings is 2. The van der Waals surface area contributed by atoms with Crippen molar-refractivity contribution < 1.29 is 14.3 Å². The number of amides is 1. The Bertz CT molecular complexity index is 749. The zero-order valence-electron chi connectivity index (χ0n) is 16.1. The lowest BCUT2D eigenvalue weighted by Crippen LogP contribution is -2.11. The van der Waals surface area contributed by atoms with Crippen molar-refractivity contribution in [2.24, 2.45) is 0 Å². The van der Waals surface area contributed by atoms with E-state index in [2.05, 4.69) is 32.2 Å². The zero-order chi connectivity index (χ0) is 19.7. The van der Waals surface area contributed by atoms with E-state index in [1.807, 2.05) is 38.1 Å². The number of rotatable bonds is 4. The maximum atomic E-state index is 10.6. The smallest absolute Gasteiger partial charge is 0.288 e. The van der Waals surface area contributed by atoms with E-state index in [0.717, 1.165) is 17.0 Å². The maximum absolute atomic E-state index is 10.6. The molecule has 0 radical (unpaired) electrons. The minimum Gasteiger partial charge on any atom is -0.492 e. The number of hydrogen-bond acceptors (Lipinski definition) is 4. The Kier molecular flexibility index (Phi) is 7.84. The largest absolute Gasteiger partial charge is 0.492 e. The summed E-state index contributed by atoms with van der Waals surface area (Å²) in [4.78, 5) is 20.6. The average Bonchev–Trinajstić information content (AvgIpc) is 2.56. The number of anilines is 2. The molecule has 5 heteroatoms. The monoisotopic (exact) mass is 356 g/mol. The molecule has 0 saturated carbocycles. The van der Waals surface area contributed by atoms with Gasteiger partial charge in [-0.3, -0.25) is 9.59 Å². The third-order valence-electron chi connectivity index (χ3n) is 3.57. The van der Waals surface area contributed by atoms with Crippen LogP contribution in [0, 0.1) is 6.92 Å². The molecule has 26 heavy (non-hydrogen) atoms. The first kappa shape index (κ1) is 21.2. The molecule has 5 nitrogen and oxygen atoms in total. The molecule has 0 aromatic heterocycles. The molecule has 2 aromatic carbocycles. The highest BCUT2D eigenvalue weighted by Crippen LogP contribution is 2.29. The first-order valence-corrected chi connectivity index (χ1v) is 8.53. The normalized spacial score (nSPS) is 10.3. The van der Waals surface area contributed by atoms with Crippen LogP contribution in [0.4, 0.5) is 11.4 Å². The van der Waals surface area contributed by atoms with Crippen molar-refractivity contribution in [1.82, 2.24) is 0 Å². The number of aldehydes is 1. The average molecular weight is 356 g/mol. The van der Waals surface area contributed by atoms with E-state index >= 15 is 0 Å². The number of nitrogen functional groups attached to an aromatic ring is 1. The molecule has 2 rings (SSSR count). The van der Waals surface area contributed by atoms with E-state index in [4.69, 9.17) is 10.5 Å². The van der Waals surface area contributed by atoms with Crippen molar-refractivity contribution >= 4 is 23.6 Å². The molecule has 3 N–H and O–H groups in total. The molecule has 0 spiro atoms. The first-order chi connectivity index (χ1) is 12.2. The van der Waals surface area contributed by atoms with Crippen LogP contribution in [0.25, 0.3) is 0 Å². The van der Waals surface area contributed by atoms with Crippen LogP contribution in [-0.2, 0) is 15.0 Å². The Morgan fingerprint density at radius 3 is 2.38 bits per heavy atom. The summed E-state index contributed by atoms with van der Waals surface area (Å²) >= 11 is 0. The molecule has 0 atom stereocenters. The van der Waals surface area contributed by atoms with E-state index in [-0.39, 0.29) is 11.7 Å². The van der Waals surface area contributed by atoms with E-state index in [9.17, 15) is 9.59 Å². The highest BCUT2D eigenvalue weighted by molar-refractivity contribution is 6.29. The molecule has 0 aliphatic heterocycles. The van der Waals surface area contributed by atoms with Crippen molar-refractivity contribution in [3.8, 4) is 5.75 Å². The standard InChI is InChI=1S/C12H19NO.C9H9NO2/c1-5-14-11-7-6-9(8-10(11)13)12(2,3)4;1-7-3-2-4-8(5-7)10-9(12)6-11/h6-8H,5,13H2,1-4H3;2-6H,1H3,(H,10,12). The van der Waals surface area contributed by atoms with Gasteiger partial charge in [-0.1, -0.05) is 39.0 Å². The van der Waals surface area contributed by atoms with E-state index in [1.54, 1.807) is 12.1 Å². The third-order valence-corrected chi connectivity index (χ3v) is 3.57. The predicted molar refractivity (Wildman–Crippen MR) is 107 cm³/mol. The molecule has 2 aromatic rings. The fourth-order valence-corrected chi connectivity index (χ4v) is 2.20. The van der Waals surface area contributed by atoms with Crippen LogP contribution in [0.5, 0.6) is 5.75 Å². The topological polar surface area (TPSA) is 81.4 Å². The summed E-state index contributed by atoms with van der Waals surface area (Å²) in [7, 11) is 0. The van der Waals surface area contributed by atoms with Crippen molar-refractivity contribution in [3.63, 3.8) is 0 Å². The fraction of sp³-hybridized carbons (Fsp3) is 0.333. The van der Waals surface area contributed by atoms with Gasteiger partial charge in [0.1, 0.15) is 5.75 Å². The fourth-order valence-electron chi connectivity index (χ4n) is 2.20. The Morgan fingerprint density at radius 1 is 1.19 bits per heavy atom. The SMILES string of the molecule is CCOc1ccc(C(C)(C)C)cc1N.Cc1cccc(NC(=O)C=O)c1. The van der Waals surface area contributed by atoms with Gasteiger partial charge in [0.25, 0.3) is 5.91 Å². The maximum Gasteiger partial charge on any atom is 0.288 e. The molecule has 1 amide bonds. The van der Waals surface area contributed by atoms with Crippen LogP contribution in [0.1, 0.15) is 38.8 Å². The van der Waals surface area contributed by atoms with Gasteiger partial charge in [-0.25, -0.2) is 0 Å². The first-order valence-electron chi connectivity index (χ1n) is 8.53. The van der Waals surface area contributed by atoms with Gasteiger partial charge in [-0.2, -0.15) is 0 Å². The molecule has 0 aliphatic carbocycles. The highest BCUT2D eigenvalue weighted by atomic mass is 16.5. The lowest BCUT2D eigenvalue weighted by molar-refractivity contribution is -0.127. The second kappa shape index (κ2) is 9.61. The summed E-state index contributed by atoms with van der Waals surface area (Å²) in [5.74, 6) is 0.154. The Labute approximate surface area is 155 Å². The molecule has 0 fully saturated rings. The lowest BCUT2D eigenvalue weighted by atomic mass is 9.87. The molecule has 0 heterocycles. The number of ether oxygens (including phenoxy) is 1. The second-order valence-electron chi connectivity index (χ2n) is 6.91. The number of carbonyl (C=O) groups is 2. The van der Waals surface area contributed by atoms with Crippen molar-refractivity contribution in [2.75, 3.05) is 17.7 Å². The summed E-state index contributed by atoms with van der Waals surface area (Å²) < 4.78 is 5.38. The van der Waals surface area contributed by atoms with Gasteiger partial charge in [0.05, 0.1) is 12.3 Å². The van der Waals surface area contributed by atoms with Crippen molar-refractivity contribution in [3.05, 3.63) is 53.6 Å². The van der Waals surface area contributed by atoms with Crippen LogP contribution >= 0.6 is 0 Å². The van der Waals surface area contributed by atoms with Crippen LogP contribution < -0.4 is 15.8 Å². The highest BCUT2D eigenvalue weighted by Gasteiger charge is 2.14. The number of nitrogens with one attached hydrogen (secondary N) is 1. The van der Waals surface area contributed by atoms with E-state index in [1.165, 1.54) is 5.56 Å². The van der Waals surface area contributed by atoms with Gasteiger partial charge in [-0.15, -0.1) is 0 Å². The van der Waals surface area contributed by atoms with Crippen LogP contribution in [0.15, 0.2) is 42.5 Å². The van der Waals surface area contributed by atoms with Gasteiger partial charge in [-0.05, 0) is 54.7 Å². The molecule has 0 unspecified atom stereocenters. The number of aryl methyl sites for hydroxylation is 1. The third kappa shape index (κ3) is 6.97. The molecule has 140 valence electrons. The number of carbonyl (C=O) groups excluding carboxylic acids is 2. The van der Waals surface area contributed by atoms with E-state index in [0.29, 0.717) is 12.3 Å². The van der Waals surface area contributed by atoms with Gasteiger partial charge >= 0.3 is 0 Å². The Hall–Kier alpha value is -2.82. The number of hydrogen-bond donors (Lipinski definition) is 2. The quantitative estimate of drug-likeness (QED) is 0.491. The predicted octanol–water partition coefficient (Wildman–Crippen LogP) is 4.10. The summed E-state index contributed by atoms with van der Waals surface area (Å²) in [6.45, 7) is 11.0. The minimum atomic E-state index is -0.624. The van der Waals surface area contributed by atoms with Crippen LogP contribution in [-0.4, -0.2) is 18.8 Å². The van der Waals surface area contributed by atoms with E-state index < -0.39 is 5.91 Å². The summed E-state index contributed by atoms with van der Waals surface area (Å²) in [6.07, 6.45) is 0.252. The molecular formula is C21H28N2O3. The van der Waals surface area contributed by atoms with Gasteiger partial charge in [0.2, 0.25) is 6.29 Å². The second-order valence-corrected chi connectivity index (χ2v) is 6.91. The van der Waals surface area contributed by atoms with Crippen molar-refractivity contribution in [2.45, 2.75) is 40.0 Å². The van der Waals surface area contributed by atoms with Crippen molar-refractivity contribution in [1.29, 1.82) is 0 Å².